The van der Waals surface area contributed by atoms with Gasteiger partial charge in [-0.2, -0.15) is 5.26 Å². The Morgan fingerprint density at radius 3 is 2.59 bits per heavy atom. The van der Waals surface area contributed by atoms with Gasteiger partial charge in [-0.05, 0) is 38.2 Å². The number of hydrogen-bond donors (Lipinski definition) is 1. The molecular weight excluding hydrogens is 272 g/mol. The van der Waals surface area contributed by atoms with Gasteiger partial charge in [0.2, 0.25) is 0 Å². The molecule has 118 valence electrons. The summed E-state index contributed by atoms with van der Waals surface area (Å²) >= 11 is 0. The zero-order valence-corrected chi connectivity index (χ0v) is 13.7. The van der Waals surface area contributed by atoms with Gasteiger partial charge in [0.25, 0.3) is 0 Å². The molecule has 0 aromatic heterocycles. The van der Waals surface area contributed by atoms with Crippen LogP contribution in [0.25, 0.3) is 0 Å². The van der Waals surface area contributed by atoms with E-state index in [1.807, 2.05) is 0 Å². The van der Waals surface area contributed by atoms with Gasteiger partial charge < -0.3 is 5.11 Å². The van der Waals surface area contributed by atoms with Gasteiger partial charge in [-0.25, -0.2) is 0 Å². The van der Waals surface area contributed by atoms with E-state index in [2.05, 4.69) is 55.1 Å². The Kier molecular flexibility index (Phi) is 3.79. The van der Waals surface area contributed by atoms with E-state index in [1.54, 1.807) is 0 Å². The summed E-state index contributed by atoms with van der Waals surface area (Å²) in [6.45, 7) is 6.55. The third kappa shape index (κ3) is 2.66. The van der Waals surface area contributed by atoms with Crippen LogP contribution in [0.3, 0.4) is 0 Å². The lowest BCUT2D eigenvalue weighted by atomic mass is 9.65. The Balaban J connectivity index is 1.80. The van der Waals surface area contributed by atoms with Crippen LogP contribution < -0.4 is 0 Å². The van der Waals surface area contributed by atoms with Crippen molar-refractivity contribution in [3.05, 3.63) is 35.9 Å². The summed E-state index contributed by atoms with van der Waals surface area (Å²) in [6.07, 6.45) is 3.89. The molecule has 3 unspecified atom stereocenters. The van der Waals surface area contributed by atoms with Crippen molar-refractivity contribution < 1.29 is 5.11 Å². The lowest BCUT2D eigenvalue weighted by molar-refractivity contribution is -0.104. The molecule has 2 fully saturated rings. The number of benzene rings is 1. The van der Waals surface area contributed by atoms with Crippen molar-refractivity contribution in [2.24, 2.45) is 0 Å². The Hall–Kier alpha value is -1.37. The summed E-state index contributed by atoms with van der Waals surface area (Å²) in [5.41, 5.74) is 0.833. The van der Waals surface area contributed by atoms with Crippen molar-refractivity contribution in [1.82, 2.24) is 4.90 Å². The van der Waals surface area contributed by atoms with Crippen LogP contribution >= 0.6 is 0 Å². The zero-order chi connectivity index (χ0) is 15.8. The molecule has 1 N–H and O–H groups in total. The largest absolute Gasteiger partial charge is 0.389 e. The van der Waals surface area contributed by atoms with E-state index < -0.39 is 5.60 Å². The fourth-order valence-corrected chi connectivity index (χ4v) is 4.46. The maximum atomic E-state index is 10.7. The first kappa shape index (κ1) is 15.5. The summed E-state index contributed by atoms with van der Waals surface area (Å²) in [6, 6.07) is 12.9. The molecule has 0 saturated carbocycles. The zero-order valence-electron chi connectivity index (χ0n) is 13.7. The molecular formula is C19H26N2O. The molecule has 0 radical (unpaired) electrons. The SMILES string of the molecule is CC1(c2ccccc2)CCC2(C)CC(O)(CC#N)CCN2C1. The molecule has 0 bridgehead atoms. The number of hydrogen-bond acceptors (Lipinski definition) is 3. The molecule has 2 heterocycles. The smallest absolute Gasteiger partial charge is 0.0806 e. The molecule has 3 heteroatoms. The predicted octanol–water partition coefficient (Wildman–Crippen LogP) is 3.24. The van der Waals surface area contributed by atoms with Crippen molar-refractivity contribution >= 4 is 0 Å². The Morgan fingerprint density at radius 2 is 1.91 bits per heavy atom. The van der Waals surface area contributed by atoms with Crippen LogP contribution in [-0.4, -0.2) is 34.2 Å². The molecule has 22 heavy (non-hydrogen) atoms. The van der Waals surface area contributed by atoms with Crippen molar-refractivity contribution in [2.45, 2.75) is 62.5 Å². The number of nitriles is 1. The van der Waals surface area contributed by atoms with E-state index in [0.29, 0.717) is 6.42 Å². The van der Waals surface area contributed by atoms with Crippen molar-refractivity contribution in [3.8, 4) is 6.07 Å². The molecule has 0 aliphatic carbocycles. The van der Waals surface area contributed by atoms with Crippen LogP contribution in [0.2, 0.25) is 0 Å². The monoisotopic (exact) mass is 298 g/mol. The Labute approximate surface area is 133 Å². The minimum absolute atomic E-state index is 0.0259. The fraction of sp³-hybridized carbons (Fsp3) is 0.632. The highest BCUT2D eigenvalue weighted by Gasteiger charge is 2.50. The maximum absolute atomic E-state index is 10.7. The normalized spacial score (nSPS) is 39.0. The highest BCUT2D eigenvalue weighted by Crippen LogP contribution is 2.47. The third-order valence-corrected chi connectivity index (χ3v) is 5.95. The van der Waals surface area contributed by atoms with Gasteiger partial charge in [-0.3, -0.25) is 4.90 Å². The van der Waals surface area contributed by atoms with Crippen LogP contribution in [0.15, 0.2) is 30.3 Å². The first-order valence-electron chi connectivity index (χ1n) is 8.29. The van der Waals surface area contributed by atoms with Crippen LogP contribution in [0.5, 0.6) is 0 Å². The molecule has 2 aliphatic rings. The summed E-state index contributed by atoms with van der Waals surface area (Å²) in [4.78, 5) is 2.55. The third-order valence-electron chi connectivity index (χ3n) is 5.95. The van der Waals surface area contributed by atoms with Gasteiger partial charge in [0, 0.05) is 24.0 Å². The number of fused-ring (bicyclic) bond motifs is 1. The summed E-state index contributed by atoms with van der Waals surface area (Å²) < 4.78 is 0. The number of rotatable bonds is 2. The minimum Gasteiger partial charge on any atom is -0.389 e. The summed E-state index contributed by atoms with van der Waals surface area (Å²) in [5, 5.41) is 19.6. The lowest BCUT2D eigenvalue weighted by Gasteiger charge is -2.57. The molecule has 2 aliphatic heterocycles. The van der Waals surface area contributed by atoms with Gasteiger partial charge in [0.15, 0.2) is 0 Å². The number of aliphatic hydroxyl groups is 1. The van der Waals surface area contributed by atoms with Gasteiger partial charge in [0.1, 0.15) is 0 Å². The van der Waals surface area contributed by atoms with Crippen molar-refractivity contribution in [3.63, 3.8) is 0 Å². The van der Waals surface area contributed by atoms with Gasteiger partial charge in [0.05, 0.1) is 18.1 Å². The average Bonchev–Trinajstić information content (AvgIpc) is 2.49. The van der Waals surface area contributed by atoms with Crippen molar-refractivity contribution in [2.75, 3.05) is 13.1 Å². The van der Waals surface area contributed by atoms with Crippen molar-refractivity contribution in [1.29, 1.82) is 5.26 Å². The minimum atomic E-state index is -0.791. The molecule has 0 amide bonds. The van der Waals surface area contributed by atoms with Gasteiger partial charge >= 0.3 is 0 Å². The molecule has 0 spiro atoms. The molecule has 3 rings (SSSR count). The first-order chi connectivity index (χ1) is 10.4. The van der Waals surface area contributed by atoms with E-state index in [-0.39, 0.29) is 17.4 Å². The van der Waals surface area contributed by atoms with Crippen LogP contribution in [0, 0.1) is 11.3 Å². The topological polar surface area (TPSA) is 47.3 Å². The van der Waals surface area contributed by atoms with E-state index in [0.717, 1.165) is 32.4 Å². The highest BCUT2D eigenvalue weighted by atomic mass is 16.3. The summed E-state index contributed by atoms with van der Waals surface area (Å²) in [7, 11) is 0. The van der Waals surface area contributed by atoms with E-state index in [1.165, 1.54) is 5.56 Å². The van der Waals surface area contributed by atoms with E-state index >= 15 is 0 Å². The fourth-order valence-electron chi connectivity index (χ4n) is 4.46. The second-order valence-corrected chi connectivity index (χ2v) is 7.83. The molecule has 1 aromatic carbocycles. The number of piperidine rings is 2. The number of nitrogens with zero attached hydrogens (tertiary/aromatic N) is 2. The average molecular weight is 298 g/mol. The van der Waals surface area contributed by atoms with Gasteiger partial charge in [-0.15, -0.1) is 0 Å². The Morgan fingerprint density at radius 1 is 1.18 bits per heavy atom. The Bertz CT molecular complexity index is 581. The quantitative estimate of drug-likeness (QED) is 0.912. The molecule has 3 nitrogen and oxygen atoms in total. The maximum Gasteiger partial charge on any atom is 0.0806 e. The van der Waals surface area contributed by atoms with E-state index in [4.69, 9.17) is 5.26 Å². The van der Waals surface area contributed by atoms with Gasteiger partial charge in [-0.1, -0.05) is 37.3 Å². The first-order valence-corrected chi connectivity index (χ1v) is 8.29. The molecule has 3 atom stereocenters. The van der Waals surface area contributed by atoms with Crippen LogP contribution in [0.1, 0.15) is 51.5 Å². The molecule has 1 aromatic rings. The molecule has 2 saturated heterocycles. The predicted molar refractivity (Wildman–Crippen MR) is 87.4 cm³/mol. The van der Waals surface area contributed by atoms with Crippen LogP contribution in [0.4, 0.5) is 0 Å². The standard InChI is InChI=1S/C19H26N2O/c1-17(16-6-4-3-5-7-16)8-9-18(2)14-19(22,10-12-20)11-13-21(18)15-17/h3-7,22H,8-11,13-15H2,1-2H3. The highest BCUT2D eigenvalue weighted by molar-refractivity contribution is 5.27. The summed E-state index contributed by atoms with van der Waals surface area (Å²) in [5.74, 6) is 0. The second kappa shape index (κ2) is 5.37. The lowest BCUT2D eigenvalue weighted by Crippen LogP contribution is -2.63. The van der Waals surface area contributed by atoms with E-state index in [9.17, 15) is 5.11 Å². The van der Waals surface area contributed by atoms with Crippen LogP contribution in [-0.2, 0) is 5.41 Å². The second-order valence-electron chi connectivity index (χ2n) is 7.83.